The molecule has 1 aliphatic rings. The van der Waals surface area contributed by atoms with Crippen molar-refractivity contribution in [3.63, 3.8) is 0 Å². The highest BCUT2D eigenvalue weighted by molar-refractivity contribution is 6.16. The molecule has 0 spiro atoms. The predicted octanol–water partition coefficient (Wildman–Crippen LogP) is 12.1. The highest BCUT2D eigenvalue weighted by Crippen LogP contribution is 2.46. The first-order valence-electron chi connectivity index (χ1n) is 18.7. The average molecular weight is 695 g/mol. The lowest BCUT2D eigenvalue weighted by Gasteiger charge is -2.18. The van der Waals surface area contributed by atoms with E-state index in [1.165, 1.54) is 38.6 Å². The minimum Gasteiger partial charge on any atom is -0.456 e. The fourth-order valence-corrected chi connectivity index (χ4v) is 8.69. The van der Waals surface area contributed by atoms with Gasteiger partial charge in [0.1, 0.15) is 11.2 Å². The number of hydrogen-bond donors (Lipinski definition) is 0. The molecule has 0 saturated heterocycles. The van der Waals surface area contributed by atoms with Crippen LogP contribution in [0, 0.1) is 0 Å². The molecule has 0 bridgehead atoms. The van der Waals surface area contributed by atoms with Gasteiger partial charge in [-0.05, 0) is 83.3 Å². The number of fused-ring (bicyclic) bond motifs is 10. The number of benzene rings is 7. The van der Waals surface area contributed by atoms with E-state index in [9.17, 15) is 0 Å². The quantitative estimate of drug-likeness (QED) is 0.180. The van der Waals surface area contributed by atoms with E-state index in [1.54, 1.807) is 0 Å². The van der Waals surface area contributed by atoms with E-state index in [1.807, 2.05) is 36.4 Å². The molecule has 256 valence electrons. The van der Waals surface area contributed by atoms with Gasteiger partial charge in [-0.3, -0.25) is 4.57 Å². The van der Waals surface area contributed by atoms with Crippen LogP contribution in [0.4, 0.5) is 0 Å². The van der Waals surface area contributed by atoms with Gasteiger partial charge in [0.15, 0.2) is 11.6 Å². The predicted molar refractivity (Wildman–Crippen MR) is 219 cm³/mol. The summed E-state index contributed by atoms with van der Waals surface area (Å²) in [5.41, 5.74) is 12.4. The molecule has 0 amide bonds. The molecular weight excluding hydrogens is 661 g/mol. The van der Waals surface area contributed by atoms with Crippen molar-refractivity contribution >= 4 is 43.7 Å². The van der Waals surface area contributed by atoms with Gasteiger partial charge in [0.05, 0.1) is 11.0 Å². The van der Waals surface area contributed by atoms with Crippen molar-refractivity contribution < 1.29 is 4.42 Å². The molecule has 1 atom stereocenters. The summed E-state index contributed by atoms with van der Waals surface area (Å²) in [6.07, 6.45) is 3.12. The Morgan fingerprint density at radius 2 is 1.26 bits per heavy atom. The van der Waals surface area contributed by atoms with E-state index in [-0.39, 0.29) is 0 Å². The van der Waals surface area contributed by atoms with E-state index in [0.29, 0.717) is 23.5 Å². The summed E-state index contributed by atoms with van der Waals surface area (Å²) >= 11 is 0. The number of nitrogens with zero attached hydrogens (tertiary/aromatic N) is 4. The van der Waals surface area contributed by atoms with E-state index in [4.69, 9.17) is 19.4 Å². The third-order valence-electron chi connectivity index (χ3n) is 11.2. The maximum Gasteiger partial charge on any atom is 0.238 e. The standard InChI is InChI=1S/C49H34N4O/c1-3-13-31(14-4-1)29-34-24-23-32-26-28-42-46(45(32)39-19-8-7-17-36(34)39)40-20-9-11-21-41(40)53(42)49-51-47(33-15-5-2-6-16-33)50-48(52-49)35-25-27-38-37-18-10-12-22-43(37)54-44(38)30-35/h1-22,25-28,30,34H,23-24,29H2. The second-order valence-corrected chi connectivity index (χ2v) is 14.3. The van der Waals surface area contributed by atoms with Crippen LogP contribution in [0.15, 0.2) is 168 Å². The fourth-order valence-electron chi connectivity index (χ4n) is 8.69. The fraction of sp³-hybridized carbons (Fsp3) is 0.0816. The van der Waals surface area contributed by atoms with Gasteiger partial charge in [0, 0.05) is 32.7 Å². The Hall–Kier alpha value is -6.85. The second kappa shape index (κ2) is 12.4. The third kappa shape index (κ3) is 4.96. The molecule has 11 rings (SSSR count). The SMILES string of the molecule is c1ccc(CC2CCc3ccc4c(c3-c3ccccc32)c2ccccc2n4-c2nc(-c3ccccc3)nc(-c3ccc4c(c3)oc3ccccc34)n2)cc1. The minimum atomic E-state index is 0.419. The Morgan fingerprint density at radius 1 is 0.556 bits per heavy atom. The summed E-state index contributed by atoms with van der Waals surface area (Å²) in [5.74, 6) is 2.22. The monoisotopic (exact) mass is 694 g/mol. The largest absolute Gasteiger partial charge is 0.456 e. The number of aryl methyl sites for hydroxylation is 1. The molecule has 3 aromatic heterocycles. The highest BCUT2D eigenvalue weighted by Gasteiger charge is 2.27. The molecule has 7 aromatic carbocycles. The molecule has 3 heterocycles. The summed E-state index contributed by atoms with van der Waals surface area (Å²) in [6, 6.07) is 57.9. The lowest BCUT2D eigenvalue weighted by Crippen LogP contribution is -2.06. The van der Waals surface area contributed by atoms with Crippen LogP contribution in [0.5, 0.6) is 0 Å². The van der Waals surface area contributed by atoms with Crippen LogP contribution in [-0.4, -0.2) is 19.5 Å². The van der Waals surface area contributed by atoms with Crippen LogP contribution >= 0.6 is 0 Å². The number of aromatic nitrogens is 4. The Bertz CT molecular complexity index is 3030. The first kappa shape index (κ1) is 30.7. The Labute approximate surface area is 312 Å². The number of para-hydroxylation sites is 2. The molecular formula is C49H34N4O. The van der Waals surface area contributed by atoms with Crippen molar-refractivity contribution in [1.82, 2.24) is 19.5 Å². The topological polar surface area (TPSA) is 56.7 Å². The zero-order valence-corrected chi connectivity index (χ0v) is 29.5. The molecule has 10 aromatic rings. The maximum absolute atomic E-state index is 6.30. The Kier molecular flexibility index (Phi) is 7.05. The molecule has 5 heteroatoms. The summed E-state index contributed by atoms with van der Waals surface area (Å²) in [7, 11) is 0. The molecule has 0 N–H and O–H groups in total. The van der Waals surface area contributed by atoms with Crippen molar-refractivity contribution in [3.8, 4) is 39.9 Å². The van der Waals surface area contributed by atoms with Crippen molar-refractivity contribution in [2.75, 3.05) is 0 Å². The number of hydrogen-bond acceptors (Lipinski definition) is 4. The van der Waals surface area contributed by atoms with Crippen LogP contribution in [0.3, 0.4) is 0 Å². The number of rotatable bonds is 5. The molecule has 0 aliphatic heterocycles. The van der Waals surface area contributed by atoms with Gasteiger partial charge < -0.3 is 4.42 Å². The normalized spacial score (nSPS) is 14.0. The van der Waals surface area contributed by atoms with Gasteiger partial charge in [0.2, 0.25) is 5.95 Å². The zero-order valence-electron chi connectivity index (χ0n) is 29.5. The van der Waals surface area contributed by atoms with E-state index in [0.717, 1.165) is 63.4 Å². The van der Waals surface area contributed by atoms with Crippen molar-refractivity contribution in [2.24, 2.45) is 0 Å². The lowest BCUT2D eigenvalue weighted by molar-refractivity contribution is 0.629. The molecule has 1 unspecified atom stereocenters. The van der Waals surface area contributed by atoms with E-state index in [2.05, 4.69) is 132 Å². The van der Waals surface area contributed by atoms with Gasteiger partial charge in [-0.25, -0.2) is 4.98 Å². The molecule has 5 nitrogen and oxygen atoms in total. The van der Waals surface area contributed by atoms with Crippen LogP contribution in [0.1, 0.15) is 29.0 Å². The minimum absolute atomic E-state index is 0.419. The zero-order chi connectivity index (χ0) is 35.6. The molecule has 0 radical (unpaired) electrons. The molecule has 0 saturated carbocycles. The average Bonchev–Trinajstić information content (AvgIpc) is 3.73. The van der Waals surface area contributed by atoms with E-state index < -0.39 is 0 Å². The van der Waals surface area contributed by atoms with E-state index >= 15 is 0 Å². The smallest absolute Gasteiger partial charge is 0.238 e. The van der Waals surface area contributed by atoms with Gasteiger partial charge in [-0.15, -0.1) is 0 Å². The summed E-state index contributed by atoms with van der Waals surface area (Å²) in [4.78, 5) is 15.6. The Morgan fingerprint density at radius 3 is 2.13 bits per heavy atom. The van der Waals surface area contributed by atoms with Crippen LogP contribution in [-0.2, 0) is 12.8 Å². The third-order valence-corrected chi connectivity index (χ3v) is 11.2. The molecule has 1 aliphatic carbocycles. The van der Waals surface area contributed by atoms with Gasteiger partial charge in [-0.2, -0.15) is 9.97 Å². The van der Waals surface area contributed by atoms with Gasteiger partial charge in [-0.1, -0.05) is 133 Å². The van der Waals surface area contributed by atoms with Gasteiger partial charge in [0.25, 0.3) is 0 Å². The van der Waals surface area contributed by atoms with Crippen molar-refractivity contribution in [2.45, 2.75) is 25.2 Å². The maximum atomic E-state index is 6.30. The summed E-state index contributed by atoms with van der Waals surface area (Å²) in [6.45, 7) is 0. The lowest BCUT2D eigenvalue weighted by atomic mass is 9.86. The van der Waals surface area contributed by atoms with Crippen molar-refractivity contribution in [3.05, 3.63) is 180 Å². The summed E-state index contributed by atoms with van der Waals surface area (Å²) < 4.78 is 8.54. The van der Waals surface area contributed by atoms with Gasteiger partial charge >= 0.3 is 0 Å². The Balaban J connectivity index is 1.14. The molecule has 54 heavy (non-hydrogen) atoms. The highest BCUT2D eigenvalue weighted by atomic mass is 16.3. The van der Waals surface area contributed by atoms with Crippen LogP contribution in [0.25, 0.3) is 83.6 Å². The van der Waals surface area contributed by atoms with Crippen LogP contribution in [0.2, 0.25) is 0 Å². The van der Waals surface area contributed by atoms with Crippen molar-refractivity contribution in [1.29, 1.82) is 0 Å². The first-order chi connectivity index (χ1) is 26.8. The second-order valence-electron chi connectivity index (χ2n) is 14.3. The van der Waals surface area contributed by atoms with Crippen LogP contribution < -0.4 is 0 Å². The number of furan rings is 1. The molecule has 0 fully saturated rings. The first-order valence-corrected chi connectivity index (χ1v) is 18.7. The summed E-state index contributed by atoms with van der Waals surface area (Å²) in [5, 5.41) is 4.59.